The van der Waals surface area contributed by atoms with E-state index in [1.54, 1.807) is 13.4 Å². The van der Waals surface area contributed by atoms with E-state index in [4.69, 9.17) is 4.74 Å². The molecule has 124 valence electrons. The summed E-state index contributed by atoms with van der Waals surface area (Å²) in [6, 6.07) is 11.6. The van der Waals surface area contributed by atoms with Crippen LogP contribution < -0.4 is 10.1 Å². The highest BCUT2D eigenvalue weighted by atomic mass is 16.5. The molecule has 5 heteroatoms. The van der Waals surface area contributed by atoms with Gasteiger partial charge in [0.05, 0.1) is 30.2 Å². The van der Waals surface area contributed by atoms with E-state index in [1.165, 1.54) is 11.1 Å². The average Bonchev–Trinajstić information content (AvgIpc) is 2.96. The molecule has 0 saturated carbocycles. The molecule has 0 spiro atoms. The third-order valence-corrected chi connectivity index (χ3v) is 4.20. The Morgan fingerprint density at radius 2 is 1.96 bits per heavy atom. The zero-order chi connectivity index (χ0) is 17.1. The summed E-state index contributed by atoms with van der Waals surface area (Å²) in [7, 11) is 1.59. The number of anilines is 1. The van der Waals surface area contributed by atoms with Crippen molar-refractivity contribution in [3.8, 4) is 5.75 Å². The average molecular weight is 323 g/mol. The van der Waals surface area contributed by atoms with Crippen molar-refractivity contribution in [1.29, 1.82) is 0 Å². The molecule has 2 aromatic carbocycles. The lowest BCUT2D eigenvalue weighted by atomic mass is 10.1. The number of rotatable bonds is 5. The molecule has 0 radical (unpaired) electrons. The topological polar surface area (TPSA) is 56.1 Å². The second-order valence-corrected chi connectivity index (χ2v) is 5.86. The van der Waals surface area contributed by atoms with Crippen LogP contribution in [0.15, 0.2) is 42.7 Å². The fraction of sp³-hybridized carbons (Fsp3) is 0.263. The lowest BCUT2D eigenvalue weighted by molar-refractivity contribution is -0.116. The fourth-order valence-electron chi connectivity index (χ4n) is 2.67. The molecule has 1 aromatic heterocycles. The van der Waals surface area contributed by atoms with Crippen LogP contribution in [0.1, 0.15) is 17.5 Å². The molecule has 1 heterocycles. The van der Waals surface area contributed by atoms with Crippen LogP contribution in [-0.4, -0.2) is 22.6 Å². The van der Waals surface area contributed by atoms with Crippen molar-refractivity contribution >= 4 is 22.6 Å². The van der Waals surface area contributed by atoms with Gasteiger partial charge in [-0.05, 0) is 49.2 Å². The smallest absolute Gasteiger partial charge is 0.226 e. The lowest BCUT2D eigenvalue weighted by Gasteiger charge is -2.10. The van der Waals surface area contributed by atoms with Crippen molar-refractivity contribution in [2.75, 3.05) is 12.4 Å². The van der Waals surface area contributed by atoms with E-state index in [0.29, 0.717) is 24.4 Å². The summed E-state index contributed by atoms with van der Waals surface area (Å²) in [5.74, 6) is 0.607. The first kappa shape index (κ1) is 16.1. The minimum absolute atomic E-state index is 0.0508. The predicted molar refractivity (Wildman–Crippen MR) is 95.4 cm³/mol. The maximum atomic E-state index is 12.2. The Labute approximate surface area is 141 Å². The van der Waals surface area contributed by atoms with Gasteiger partial charge in [-0.2, -0.15) is 0 Å². The molecule has 0 saturated heterocycles. The van der Waals surface area contributed by atoms with Gasteiger partial charge in [-0.3, -0.25) is 4.79 Å². The molecule has 0 aliphatic carbocycles. The SMILES string of the molecule is COc1ccccc1NC(=O)CCn1cnc2cc(C)c(C)cc21. The first-order valence-corrected chi connectivity index (χ1v) is 7.93. The number of carbonyl (C=O) groups is 1. The number of hydrogen-bond donors (Lipinski definition) is 1. The van der Waals surface area contributed by atoms with Gasteiger partial charge in [-0.1, -0.05) is 12.1 Å². The van der Waals surface area contributed by atoms with E-state index in [1.807, 2.05) is 28.8 Å². The minimum Gasteiger partial charge on any atom is -0.495 e. The first-order valence-electron chi connectivity index (χ1n) is 7.93. The van der Waals surface area contributed by atoms with Crippen LogP contribution in [0, 0.1) is 13.8 Å². The van der Waals surface area contributed by atoms with Gasteiger partial charge in [-0.25, -0.2) is 4.98 Å². The van der Waals surface area contributed by atoms with Crippen molar-refractivity contribution in [2.45, 2.75) is 26.8 Å². The Bertz CT molecular complexity index is 883. The molecule has 5 nitrogen and oxygen atoms in total. The van der Waals surface area contributed by atoms with Crippen LogP contribution in [0.2, 0.25) is 0 Å². The van der Waals surface area contributed by atoms with Gasteiger partial charge in [0.1, 0.15) is 5.75 Å². The lowest BCUT2D eigenvalue weighted by Crippen LogP contribution is -2.14. The van der Waals surface area contributed by atoms with Gasteiger partial charge in [-0.15, -0.1) is 0 Å². The number of fused-ring (bicyclic) bond motifs is 1. The molecule has 1 N–H and O–H groups in total. The maximum absolute atomic E-state index is 12.2. The standard InChI is InChI=1S/C19H21N3O2/c1-13-10-16-17(11-14(13)2)22(12-20-16)9-8-19(23)21-15-6-4-5-7-18(15)24-3/h4-7,10-12H,8-9H2,1-3H3,(H,21,23). The Morgan fingerprint density at radius 3 is 2.75 bits per heavy atom. The highest BCUT2D eigenvalue weighted by Crippen LogP contribution is 2.23. The molecular weight excluding hydrogens is 302 g/mol. The molecule has 1 amide bonds. The summed E-state index contributed by atoms with van der Waals surface area (Å²) >= 11 is 0. The molecule has 0 aliphatic heterocycles. The molecule has 3 aromatic rings. The predicted octanol–water partition coefficient (Wildman–Crippen LogP) is 3.69. The number of para-hydroxylation sites is 2. The highest BCUT2D eigenvalue weighted by Gasteiger charge is 2.09. The Hall–Kier alpha value is -2.82. The van der Waals surface area contributed by atoms with Crippen LogP contribution >= 0.6 is 0 Å². The maximum Gasteiger partial charge on any atom is 0.226 e. The van der Waals surface area contributed by atoms with Crippen LogP contribution in [0.3, 0.4) is 0 Å². The van der Waals surface area contributed by atoms with Crippen LogP contribution in [-0.2, 0) is 11.3 Å². The van der Waals surface area contributed by atoms with Crippen LogP contribution in [0.5, 0.6) is 5.75 Å². The number of aromatic nitrogens is 2. The molecule has 0 fully saturated rings. The quantitative estimate of drug-likeness (QED) is 0.779. The number of benzene rings is 2. The number of imidazole rings is 1. The summed E-state index contributed by atoms with van der Waals surface area (Å²) in [5, 5.41) is 2.89. The minimum atomic E-state index is -0.0508. The normalized spacial score (nSPS) is 10.8. The number of aryl methyl sites for hydroxylation is 3. The molecule has 24 heavy (non-hydrogen) atoms. The van der Waals surface area contributed by atoms with Gasteiger partial charge < -0.3 is 14.6 Å². The number of nitrogens with one attached hydrogen (secondary N) is 1. The summed E-state index contributed by atoms with van der Waals surface area (Å²) < 4.78 is 7.27. The Morgan fingerprint density at radius 1 is 1.21 bits per heavy atom. The zero-order valence-corrected chi connectivity index (χ0v) is 14.2. The fourth-order valence-corrected chi connectivity index (χ4v) is 2.67. The van der Waals surface area contributed by atoms with Crippen molar-refractivity contribution in [2.24, 2.45) is 0 Å². The van der Waals surface area contributed by atoms with Gasteiger partial charge in [0.15, 0.2) is 0 Å². The number of nitrogens with zero attached hydrogens (tertiary/aromatic N) is 2. The van der Waals surface area contributed by atoms with E-state index in [-0.39, 0.29) is 5.91 Å². The monoisotopic (exact) mass is 323 g/mol. The van der Waals surface area contributed by atoms with E-state index in [0.717, 1.165) is 11.0 Å². The molecule has 0 atom stereocenters. The molecule has 0 bridgehead atoms. The van der Waals surface area contributed by atoms with Gasteiger partial charge in [0.2, 0.25) is 5.91 Å². The van der Waals surface area contributed by atoms with Crippen molar-refractivity contribution < 1.29 is 9.53 Å². The molecule has 0 aliphatic rings. The number of amides is 1. The van der Waals surface area contributed by atoms with E-state index in [2.05, 4.69) is 36.3 Å². The second-order valence-electron chi connectivity index (χ2n) is 5.86. The van der Waals surface area contributed by atoms with Crippen molar-refractivity contribution in [3.05, 3.63) is 53.9 Å². The second kappa shape index (κ2) is 6.74. The summed E-state index contributed by atoms with van der Waals surface area (Å²) in [5.41, 5.74) is 5.16. The Balaban J connectivity index is 1.69. The van der Waals surface area contributed by atoms with E-state index < -0.39 is 0 Å². The van der Waals surface area contributed by atoms with Crippen molar-refractivity contribution in [3.63, 3.8) is 0 Å². The summed E-state index contributed by atoms with van der Waals surface area (Å²) in [6.07, 6.45) is 2.16. The molecular formula is C19H21N3O2. The van der Waals surface area contributed by atoms with E-state index >= 15 is 0 Å². The zero-order valence-electron chi connectivity index (χ0n) is 14.2. The number of methoxy groups -OCH3 is 1. The number of hydrogen-bond acceptors (Lipinski definition) is 3. The largest absolute Gasteiger partial charge is 0.495 e. The van der Waals surface area contributed by atoms with Gasteiger partial charge in [0, 0.05) is 13.0 Å². The number of carbonyl (C=O) groups excluding carboxylic acids is 1. The van der Waals surface area contributed by atoms with Crippen LogP contribution in [0.4, 0.5) is 5.69 Å². The Kier molecular flexibility index (Phi) is 4.51. The van der Waals surface area contributed by atoms with Gasteiger partial charge >= 0.3 is 0 Å². The van der Waals surface area contributed by atoms with Crippen molar-refractivity contribution in [1.82, 2.24) is 9.55 Å². The first-order chi connectivity index (χ1) is 11.6. The summed E-state index contributed by atoms with van der Waals surface area (Å²) in [6.45, 7) is 4.75. The molecule has 3 rings (SSSR count). The molecule has 0 unspecified atom stereocenters. The highest BCUT2D eigenvalue weighted by molar-refractivity contribution is 5.92. The van der Waals surface area contributed by atoms with Gasteiger partial charge in [0.25, 0.3) is 0 Å². The third-order valence-electron chi connectivity index (χ3n) is 4.20. The van der Waals surface area contributed by atoms with Crippen LogP contribution in [0.25, 0.3) is 11.0 Å². The van der Waals surface area contributed by atoms with E-state index in [9.17, 15) is 4.79 Å². The summed E-state index contributed by atoms with van der Waals surface area (Å²) in [4.78, 5) is 16.7. The number of ether oxygens (including phenoxy) is 1. The third kappa shape index (κ3) is 3.25.